The zero-order valence-electron chi connectivity index (χ0n) is 51.5. The molecule has 0 radical (unpaired) electrons. The van der Waals surface area contributed by atoms with Gasteiger partial charge in [-0.05, 0) is 103 Å². The lowest BCUT2D eigenvalue weighted by molar-refractivity contribution is -0.167. The van der Waals surface area contributed by atoms with E-state index in [0.717, 1.165) is 83.5 Å². The highest BCUT2D eigenvalue weighted by Crippen LogP contribution is 2.17. The molecule has 0 heterocycles. The number of esters is 3. The summed E-state index contributed by atoms with van der Waals surface area (Å²) in [6.45, 7) is 6.55. The third kappa shape index (κ3) is 63.8. The molecule has 0 N–H and O–H groups in total. The molecule has 0 aliphatic rings. The molecular formula is C71H128O6. The monoisotopic (exact) mass is 1080 g/mol. The third-order valence-corrected chi connectivity index (χ3v) is 15.0. The predicted octanol–water partition coefficient (Wildman–Crippen LogP) is 23.1. The van der Waals surface area contributed by atoms with Gasteiger partial charge >= 0.3 is 17.9 Å². The third-order valence-electron chi connectivity index (χ3n) is 15.0. The number of hydrogen-bond acceptors (Lipinski definition) is 6. The molecule has 0 fully saturated rings. The van der Waals surface area contributed by atoms with Crippen molar-refractivity contribution in [2.75, 3.05) is 13.2 Å². The van der Waals surface area contributed by atoms with Crippen molar-refractivity contribution in [3.05, 3.63) is 60.8 Å². The van der Waals surface area contributed by atoms with Crippen LogP contribution in [0.5, 0.6) is 0 Å². The normalized spacial score (nSPS) is 12.4. The van der Waals surface area contributed by atoms with E-state index < -0.39 is 6.10 Å². The van der Waals surface area contributed by atoms with Gasteiger partial charge in [-0.25, -0.2) is 0 Å². The minimum atomic E-state index is -0.788. The molecular weight excluding hydrogens is 949 g/mol. The van der Waals surface area contributed by atoms with E-state index in [-0.39, 0.29) is 31.1 Å². The topological polar surface area (TPSA) is 78.9 Å². The fourth-order valence-electron chi connectivity index (χ4n) is 9.92. The summed E-state index contributed by atoms with van der Waals surface area (Å²) in [5.74, 6) is -0.895. The van der Waals surface area contributed by atoms with Crippen LogP contribution in [0.15, 0.2) is 60.8 Å². The van der Waals surface area contributed by atoms with E-state index in [9.17, 15) is 14.4 Å². The van der Waals surface area contributed by atoms with Gasteiger partial charge in [-0.3, -0.25) is 14.4 Å². The van der Waals surface area contributed by atoms with Gasteiger partial charge in [0.1, 0.15) is 13.2 Å². The lowest BCUT2D eigenvalue weighted by atomic mass is 10.0. The van der Waals surface area contributed by atoms with Gasteiger partial charge in [0.05, 0.1) is 0 Å². The molecule has 1 atom stereocenters. The molecule has 0 saturated heterocycles. The van der Waals surface area contributed by atoms with Crippen molar-refractivity contribution in [3.63, 3.8) is 0 Å². The van der Waals surface area contributed by atoms with Gasteiger partial charge in [0.2, 0.25) is 0 Å². The summed E-state index contributed by atoms with van der Waals surface area (Å²) < 4.78 is 16.9. The van der Waals surface area contributed by atoms with E-state index in [0.29, 0.717) is 19.3 Å². The summed E-state index contributed by atoms with van der Waals surface area (Å²) in [7, 11) is 0. The van der Waals surface area contributed by atoms with Crippen LogP contribution in [0, 0.1) is 0 Å². The Kier molecular flexibility index (Phi) is 63.2. The zero-order valence-corrected chi connectivity index (χ0v) is 51.5. The SMILES string of the molecule is CC/C=C\C/C=C\C/C=C\CCCCCC(=O)OCC(COC(=O)CCCCCCCCCCCCC/C=C\CCCCCCCCCC)OC(=O)CCCCCCCCCCCCC/C=C\CCCCCCCCCC. The van der Waals surface area contributed by atoms with Gasteiger partial charge in [-0.1, -0.05) is 293 Å². The minimum Gasteiger partial charge on any atom is -0.462 e. The number of carbonyl (C=O) groups is 3. The van der Waals surface area contributed by atoms with Crippen molar-refractivity contribution in [2.24, 2.45) is 0 Å². The van der Waals surface area contributed by atoms with Crippen LogP contribution in [0.3, 0.4) is 0 Å². The van der Waals surface area contributed by atoms with Crippen LogP contribution in [-0.2, 0) is 28.6 Å². The lowest BCUT2D eigenvalue weighted by Gasteiger charge is -2.18. The van der Waals surface area contributed by atoms with Gasteiger partial charge in [-0.15, -0.1) is 0 Å². The second-order valence-corrected chi connectivity index (χ2v) is 22.7. The van der Waals surface area contributed by atoms with Crippen LogP contribution in [0.2, 0.25) is 0 Å². The maximum atomic E-state index is 12.9. The molecule has 0 aromatic heterocycles. The second-order valence-electron chi connectivity index (χ2n) is 22.7. The van der Waals surface area contributed by atoms with E-state index in [1.807, 2.05) is 0 Å². The summed E-state index contributed by atoms with van der Waals surface area (Å²) in [6.07, 6.45) is 83.9. The molecule has 0 aromatic rings. The summed E-state index contributed by atoms with van der Waals surface area (Å²) >= 11 is 0. The highest BCUT2D eigenvalue weighted by Gasteiger charge is 2.19. The van der Waals surface area contributed by atoms with Gasteiger partial charge < -0.3 is 14.2 Å². The smallest absolute Gasteiger partial charge is 0.306 e. The number of unbranched alkanes of at least 4 members (excludes halogenated alkanes) is 41. The average Bonchev–Trinajstić information content (AvgIpc) is 3.43. The van der Waals surface area contributed by atoms with Crippen molar-refractivity contribution in [1.82, 2.24) is 0 Å². The van der Waals surface area contributed by atoms with E-state index in [4.69, 9.17) is 14.2 Å². The lowest BCUT2D eigenvalue weighted by Crippen LogP contribution is -2.30. The van der Waals surface area contributed by atoms with Crippen LogP contribution >= 0.6 is 0 Å². The number of ether oxygens (including phenoxy) is 3. The van der Waals surface area contributed by atoms with Gasteiger partial charge in [-0.2, -0.15) is 0 Å². The molecule has 77 heavy (non-hydrogen) atoms. The first-order valence-corrected chi connectivity index (χ1v) is 33.8. The van der Waals surface area contributed by atoms with Crippen LogP contribution in [-0.4, -0.2) is 37.2 Å². The summed E-state index contributed by atoms with van der Waals surface area (Å²) in [5, 5.41) is 0. The Morgan fingerprint density at radius 1 is 0.273 bits per heavy atom. The number of hydrogen-bond donors (Lipinski definition) is 0. The Morgan fingerprint density at radius 2 is 0.506 bits per heavy atom. The summed E-state index contributed by atoms with van der Waals surface area (Å²) in [6, 6.07) is 0. The molecule has 0 aliphatic heterocycles. The molecule has 0 aromatic carbocycles. The van der Waals surface area contributed by atoms with Gasteiger partial charge in [0.15, 0.2) is 6.10 Å². The van der Waals surface area contributed by atoms with Gasteiger partial charge in [0.25, 0.3) is 0 Å². The fourth-order valence-corrected chi connectivity index (χ4v) is 9.92. The molecule has 0 saturated carbocycles. The molecule has 0 aliphatic carbocycles. The summed E-state index contributed by atoms with van der Waals surface area (Å²) in [5.41, 5.74) is 0. The van der Waals surface area contributed by atoms with Crippen molar-refractivity contribution in [3.8, 4) is 0 Å². The minimum absolute atomic E-state index is 0.0820. The zero-order chi connectivity index (χ0) is 55.7. The molecule has 448 valence electrons. The second kappa shape index (κ2) is 65.6. The predicted molar refractivity (Wildman–Crippen MR) is 335 cm³/mol. The molecule has 1 unspecified atom stereocenters. The van der Waals surface area contributed by atoms with E-state index in [1.54, 1.807) is 0 Å². The molecule has 0 spiro atoms. The van der Waals surface area contributed by atoms with Crippen LogP contribution in [0.25, 0.3) is 0 Å². The fraction of sp³-hybridized carbons (Fsp3) is 0.817. The van der Waals surface area contributed by atoms with Crippen LogP contribution in [0.1, 0.15) is 355 Å². The number of carbonyl (C=O) groups excluding carboxylic acids is 3. The maximum absolute atomic E-state index is 12.9. The van der Waals surface area contributed by atoms with Crippen LogP contribution in [0.4, 0.5) is 0 Å². The standard InChI is InChI=1S/C71H128O6/c1-4-7-10-13-16-19-22-25-27-29-31-33-35-37-39-41-43-46-49-52-55-58-61-64-70(73)76-67-68(66-75-69(72)63-60-57-54-51-48-45-24-21-18-15-12-9-6-3)77-71(74)65-62-59-56-53-50-47-44-42-40-38-36-34-32-30-28-26-23-20-17-14-11-8-5-2/h9,12,18,21,29-32,45,48,68H,4-8,10-11,13-17,19-20,22-28,33-44,46-47,49-67H2,1-3H3/b12-9-,21-18-,31-29-,32-30-,48-45-. The molecule has 0 bridgehead atoms. The highest BCUT2D eigenvalue weighted by atomic mass is 16.6. The Bertz CT molecular complexity index is 1380. The van der Waals surface area contributed by atoms with Crippen molar-refractivity contribution < 1.29 is 28.6 Å². The maximum Gasteiger partial charge on any atom is 0.306 e. The Balaban J connectivity index is 4.29. The first-order valence-electron chi connectivity index (χ1n) is 33.8. The molecule has 6 nitrogen and oxygen atoms in total. The first kappa shape index (κ1) is 74.1. The van der Waals surface area contributed by atoms with Crippen molar-refractivity contribution >= 4 is 17.9 Å². The Morgan fingerprint density at radius 3 is 0.818 bits per heavy atom. The van der Waals surface area contributed by atoms with Gasteiger partial charge in [0, 0.05) is 19.3 Å². The average molecular weight is 1080 g/mol. The quantitative estimate of drug-likeness (QED) is 0.0261. The molecule has 0 amide bonds. The van der Waals surface area contributed by atoms with Crippen LogP contribution < -0.4 is 0 Å². The van der Waals surface area contributed by atoms with Crippen molar-refractivity contribution in [2.45, 2.75) is 361 Å². The Labute approximate surface area is 479 Å². The largest absolute Gasteiger partial charge is 0.462 e. The van der Waals surface area contributed by atoms with E-state index in [2.05, 4.69) is 81.5 Å². The first-order chi connectivity index (χ1) is 38.0. The summed E-state index contributed by atoms with van der Waals surface area (Å²) in [4.78, 5) is 38.3. The molecule has 6 heteroatoms. The highest BCUT2D eigenvalue weighted by molar-refractivity contribution is 5.71. The van der Waals surface area contributed by atoms with E-state index >= 15 is 0 Å². The molecule has 0 rings (SSSR count). The number of allylic oxidation sites excluding steroid dienone is 10. The van der Waals surface area contributed by atoms with Crippen molar-refractivity contribution in [1.29, 1.82) is 0 Å². The number of rotatable bonds is 62. The van der Waals surface area contributed by atoms with E-state index in [1.165, 1.54) is 231 Å². The Hall–Kier alpha value is -2.89.